The number of hydrogen-bond acceptors (Lipinski definition) is 3. The molecule has 2 aromatic rings. The first-order chi connectivity index (χ1) is 13.3. The fourth-order valence-corrected chi connectivity index (χ4v) is 2.88. The Labute approximate surface area is 165 Å². The van der Waals surface area contributed by atoms with Crippen LogP contribution in [-0.2, 0) is 6.54 Å². The molecule has 2 aromatic carbocycles. The van der Waals surface area contributed by atoms with Gasteiger partial charge in [0.25, 0.3) is 0 Å². The van der Waals surface area contributed by atoms with Crippen molar-refractivity contribution in [2.45, 2.75) is 65.3 Å². The number of rotatable bonds is 14. The highest BCUT2D eigenvalue weighted by molar-refractivity contribution is 5.48. The van der Waals surface area contributed by atoms with E-state index in [0.717, 1.165) is 56.2 Å². The molecule has 0 radical (unpaired) electrons. The van der Waals surface area contributed by atoms with Crippen molar-refractivity contribution in [2.75, 3.05) is 18.5 Å². The van der Waals surface area contributed by atoms with Crippen molar-refractivity contribution in [3.05, 3.63) is 54.1 Å². The molecule has 148 valence electrons. The molecule has 0 amide bonds. The summed E-state index contributed by atoms with van der Waals surface area (Å²) in [5, 5.41) is 3.48. The highest BCUT2D eigenvalue weighted by Crippen LogP contribution is 2.20. The van der Waals surface area contributed by atoms with Crippen LogP contribution in [0.25, 0.3) is 0 Å². The fourth-order valence-electron chi connectivity index (χ4n) is 2.88. The lowest BCUT2D eigenvalue weighted by molar-refractivity contribution is 0.304. The molecule has 0 unspecified atom stereocenters. The van der Waals surface area contributed by atoms with Gasteiger partial charge in [0.05, 0.1) is 13.2 Å². The van der Waals surface area contributed by atoms with Crippen molar-refractivity contribution in [1.82, 2.24) is 0 Å². The highest BCUT2D eigenvalue weighted by atomic mass is 16.5. The van der Waals surface area contributed by atoms with Crippen molar-refractivity contribution in [3.63, 3.8) is 0 Å². The van der Waals surface area contributed by atoms with Crippen LogP contribution in [0, 0.1) is 0 Å². The Balaban J connectivity index is 1.76. The Morgan fingerprint density at radius 1 is 0.704 bits per heavy atom. The van der Waals surface area contributed by atoms with E-state index in [1.165, 1.54) is 31.2 Å². The minimum Gasteiger partial charge on any atom is -0.494 e. The lowest BCUT2D eigenvalue weighted by atomic mass is 10.2. The van der Waals surface area contributed by atoms with E-state index in [0.29, 0.717) is 0 Å². The summed E-state index contributed by atoms with van der Waals surface area (Å²) in [5.41, 5.74) is 2.29. The topological polar surface area (TPSA) is 30.5 Å². The molecule has 27 heavy (non-hydrogen) atoms. The van der Waals surface area contributed by atoms with Crippen LogP contribution in [0.5, 0.6) is 11.5 Å². The maximum Gasteiger partial charge on any atom is 0.121 e. The van der Waals surface area contributed by atoms with E-state index in [2.05, 4.69) is 49.5 Å². The summed E-state index contributed by atoms with van der Waals surface area (Å²) in [6.45, 7) is 6.76. The number of ether oxygens (including phenoxy) is 2. The van der Waals surface area contributed by atoms with Crippen molar-refractivity contribution >= 4 is 5.69 Å². The molecule has 0 aromatic heterocycles. The van der Waals surface area contributed by atoms with Gasteiger partial charge < -0.3 is 14.8 Å². The van der Waals surface area contributed by atoms with Crippen LogP contribution in [0.2, 0.25) is 0 Å². The van der Waals surface area contributed by atoms with E-state index in [1.807, 2.05) is 18.2 Å². The van der Waals surface area contributed by atoms with Gasteiger partial charge in [-0.15, -0.1) is 0 Å². The Hall–Kier alpha value is -2.16. The van der Waals surface area contributed by atoms with Crippen LogP contribution in [0.1, 0.15) is 64.4 Å². The van der Waals surface area contributed by atoms with E-state index in [1.54, 1.807) is 0 Å². The average molecular weight is 370 g/mol. The second-order valence-electron chi connectivity index (χ2n) is 6.99. The van der Waals surface area contributed by atoms with Gasteiger partial charge in [-0.3, -0.25) is 0 Å². The second kappa shape index (κ2) is 13.1. The van der Waals surface area contributed by atoms with Crippen LogP contribution in [0.15, 0.2) is 48.5 Å². The van der Waals surface area contributed by atoms with Gasteiger partial charge >= 0.3 is 0 Å². The van der Waals surface area contributed by atoms with Crippen LogP contribution in [-0.4, -0.2) is 13.2 Å². The number of nitrogens with one attached hydrogen (secondary N) is 1. The molecule has 0 aliphatic heterocycles. The Morgan fingerprint density at radius 2 is 1.37 bits per heavy atom. The predicted octanol–water partition coefficient (Wildman–Crippen LogP) is 6.83. The Bertz CT molecular complexity index is 642. The molecule has 0 atom stereocenters. The molecule has 0 bridgehead atoms. The van der Waals surface area contributed by atoms with Gasteiger partial charge in [-0.05, 0) is 42.7 Å². The molecule has 0 aliphatic rings. The first-order valence-electron chi connectivity index (χ1n) is 10.5. The molecule has 0 heterocycles. The number of hydrogen-bond donors (Lipinski definition) is 1. The summed E-state index contributed by atoms with van der Waals surface area (Å²) in [7, 11) is 0. The first kappa shape index (κ1) is 21.1. The largest absolute Gasteiger partial charge is 0.494 e. The van der Waals surface area contributed by atoms with Gasteiger partial charge in [0.15, 0.2) is 0 Å². The van der Waals surface area contributed by atoms with Gasteiger partial charge in [0.2, 0.25) is 0 Å². The minimum atomic E-state index is 0.769. The quantitative estimate of drug-likeness (QED) is 0.370. The predicted molar refractivity (Wildman–Crippen MR) is 115 cm³/mol. The van der Waals surface area contributed by atoms with E-state index < -0.39 is 0 Å². The van der Waals surface area contributed by atoms with Gasteiger partial charge in [-0.2, -0.15) is 0 Å². The van der Waals surface area contributed by atoms with Crippen LogP contribution >= 0.6 is 0 Å². The van der Waals surface area contributed by atoms with Crippen LogP contribution in [0.3, 0.4) is 0 Å². The molecular weight excluding hydrogens is 334 g/mol. The third kappa shape index (κ3) is 8.85. The number of unbranched alkanes of at least 4 members (excludes halogenated alkanes) is 5. The average Bonchev–Trinajstić information content (AvgIpc) is 2.70. The van der Waals surface area contributed by atoms with E-state index in [4.69, 9.17) is 9.47 Å². The normalized spacial score (nSPS) is 10.6. The van der Waals surface area contributed by atoms with E-state index in [-0.39, 0.29) is 0 Å². The van der Waals surface area contributed by atoms with Crippen molar-refractivity contribution in [2.24, 2.45) is 0 Å². The zero-order chi connectivity index (χ0) is 19.2. The van der Waals surface area contributed by atoms with Crippen molar-refractivity contribution < 1.29 is 9.47 Å². The zero-order valence-electron chi connectivity index (χ0n) is 17.0. The summed E-state index contributed by atoms with van der Waals surface area (Å²) < 4.78 is 11.7. The third-order valence-electron chi connectivity index (χ3n) is 4.51. The molecule has 3 heteroatoms. The SMILES string of the molecule is CCCCCCCOc1cccc(NCc2cccc(OCCCC)c2)c1. The van der Waals surface area contributed by atoms with Gasteiger partial charge in [0.1, 0.15) is 11.5 Å². The third-order valence-corrected chi connectivity index (χ3v) is 4.51. The minimum absolute atomic E-state index is 0.769. The second-order valence-corrected chi connectivity index (χ2v) is 6.99. The number of anilines is 1. The summed E-state index contributed by atoms with van der Waals surface area (Å²) in [6.07, 6.45) is 8.53. The molecule has 0 saturated heterocycles. The lowest BCUT2D eigenvalue weighted by Crippen LogP contribution is -2.02. The Morgan fingerprint density at radius 3 is 2.15 bits per heavy atom. The summed E-state index contributed by atoms with van der Waals surface area (Å²) in [6, 6.07) is 16.5. The first-order valence-corrected chi connectivity index (χ1v) is 10.5. The molecule has 2 rings (SSSR count). The van der Waals surface area contributed by atoms with Crippen LogP contribution < -0.4 is 14.8 Å². The molecule has 0 spiro atoms. The van der Waals surface area contributed by atoms with Gasteiger partial charge in [0, 0.05) is 18.3 Å². The molecule has 3 nitrogen and oxygen atoms in total. The molecule has 0 saturated carbocycles. The highest BCUT2D eigenvalue weighted by Gasteiger charge is 2.00. The summed E-state index contributed by atoms with van der Waals surface area (Å²) in [4.78, 5) is 0. The maximum absolute atomic E-state index is 5.89. The summed E-state index contributed by atoms with van der Waals surface area (Å²) in [5.74, 6) is 1.88. The zero-order valence-corrected chi connectivity index (χ0v) is 17.0. The summed E-state index contributed by atoms with van der Waals surface area (Å²) >= 11 is 0. The molecule has 0 fully saturated rings. The van der Waals surface area contributed by atoms with Gasteiger partial charge in [-0.25, -0.2) is 0 Å². The van der Waals surface area contributed by atoms with E-state index in [9.17, 15) is 0 Å². The molecular formula is C24H35NO2. The fraction of sp³-hybridized carbons (Fsp3) is 0.500. The van der Waals surface area contributed by atoms with Gasteiger partial charge in [-0.1, -0.05) is 64.2 Å². The number of benzene rings is 2. The smallest absolute Gasteiger partial charge is 0.121 e. The monoisotopic (exact) mass is 369 g/mol. The van der Waals surface area contributed by atoms with Crippen molar-refractivity contribution in [3.8, 4) is 11.5 Å². The van der Waals surface area contributed by atoms with Crippen LogP contribution in [0.4, 0.5) is 5.69 Å². The lowest BCUT2D eigenvalue weighted by Gasteiger charge is -2.11. The van der Waals surface area contributed by atoms with Crippen molar-refractivity contribution in [1.29, 1.82) is 0 Å². The van der Waals surface area contributed by atoms with E-state index >= 15 is 0 Å². The standard InChI is InChI=1S/C24H35NO2/c1-3-5-7-8-9-17-27-24-15-11-13-22(19-24)25-20-21-12-10-14-23(18-21)26-16-6-4-2/h10-15,18-19,25H,3-9,16-17,20H2,1-2H3. The Kier molecular flexibility index (Phi) is 10.2. The molecule has 1 N–H and O–H groups in total. The molecule has 0 aliphatic carbocycles. The maximum atomic E-state index is 5.89.